The summed E-state index contributed by atoms with van der Waals surface area (Å²) in [4.78, 5) is 39.0. The zero-order valence-corrected chi connectivity index (χ0v) is 19.4. The zero-order chi connectivity index (χ0) is 23.5. The van der Waals surface area contributed by atoms with Gasteiger partial charge in [0.05, 0.1) is 23.3 Å². The number of anilines is 1. The fraction of sp³-hybridized carbons (Fsp3) is 0.0417. The molecule has 1 aliphatic heterocycles. The number of carbonyl (C=O) groups is 3. The maximum atomic E-state index is 12.8. The number of amides is 2. The average molecular weight is 500 g/mol. The summed E-state index contributed by atoms with van der Waals surface area (Å²) in [5.41, 5.74) is 1.37. The monoisotopic (exact) mass is 499 g/mol. The first-order chi connectivity index (χ1) is 15.9. The van der Waals surface area contributed by atoms with Gasteiger partial charge in [-0.2, -0.15) is 0 Å². The van der Waals surface area contributed by atoms with Crippen LogP contribution in [-0.2, 0) is 4.79 Å². The van der Waals surface area contributed by atoms with Gasteiger partial charge in [-0.3, -0.25) is 9.59 Å². The number of nitrogens with zero attached hydrogens (tertiary/aromatic N) is 1. The number of imide groups is 1. The Bertz CT molecular complexity index is 1270. The van der Waals surface area contributed by atoms with Gasteiger partial charge in [-0.05, 0) is 84.1 Å². The summed E-state index contributed by atoms with van der Waals surface area (Å²) in [7, 11) is 1.44. The Balaban J connectivity index is 1.55. The second-order valence-electron chi connectivity index (χ2n) is 6.80. The van der Waals surface area contributed by atoms with Gasteiger partial charge < -0.3 is 9.47 Å². The van der Waals surface area contributed by atoms with Crippen molar-refractivity contribution in [1.29, 1.82) is 0 Å². The van der Waals surface area contributed by atoms with Crippen molar-refractivity contribution in [3.05, 3.63) is 92.8 Å². The summed E-state index contributed by atoms with van der Waals surface area (Å²) in [5.74, 6) is -0.502. The molecule has 3 aromatic carbocycles. The molecule has 4 rings (SSSR count). The number of ether oxygens (including phenoxy) is 2. The number of halogens is 2. The Morgan fingerprint density at radius 2 is 1.55 bits per heavy atom. The van der Waals surface area contributed by atoms with Crippen LogP contribution >= 0.6 is 35.0 Å². The Kier molecular flexibility index (Phi) is 6.74. The molecule has 6 nitrogen and oxygen atoms in total. The van der Waals surface area contributed by atoms with Crippen molar-refractivity contribution in [3.63, 3.8) is 0 Å². The molecular weight excluding hydrogens is 485 g/mol. The number of methoxy groups -OCH3 is 1. The third kappa shape index (κ3) is 5.06. The van der Waals surface area contributed by atoms with Gasteiger partial charge in [-0.15, -0.1) is 0 Å². The smallest absolute Gasteiger partial charge is 0.343 e. The summed E-state index contributed by atoms with van der Waals surface area (Å²) in [5, 5.41) is 0.605. The number of thioether (sulfide) groups is 1. The van der Waals surface area contributed by atoms with Crippen molar-refractivity contribution in [2.45, 2.75) is 0 Å². The van der Waals surface area contributed by atoms with Crippen LogP contribution in [0.25, 0.3) is 6.08 Å². The van der Waals surface area contributed by atoms with E-state index in [9.17, 15) is 14.4 Å². The third-order valence-corrected chi connectivity index (χ3v) is 6.02. The summed E-state index contributed by atoms with van der Waals surface area (Å²) in [6.07, 6.45) is 1.58. The average Bonchev–Trinajstić information content (AvgIpc) is 3.08. The minimum Gasteiger partial charge on any atom is -0.493 e. The normalized spacial score (nSPS) is 14.6. The van der Waals surface area contributed by atoms with Gasteiger partial charge in [0.1, 0.15) is 0 Å². The van der Waals surface area contributed by atoms with E-state index in [4.69, 9.17) is 32.7 Å². The molecule has 1 fully saturated rings. The molecule has 9 heteroatoms. The highest BCUT2D eigenvalue weighted by Crippen LogP contribution is 2.37. The highest BCUT2D eigenvalue weighted by molar-refractivity contribution is 8.19. The summed E-state index contributed by atoms with van der Waals surface area (Å²) in [6.45, 7) is 0. The number of rotatable bonds is 5. The lowest BCUT2D eigenvalue weighted by atomic mass is 10.1. The summed E-state index contributed by atoms with van der Waals surface area (Å²) in [6, 6.07) is 17.6. The molecule has 0 radical (unpaired) electrons. The van der Waals surface area contributed by atoms with E-state index >= 15 is 0 Å². The van der Waals surface area contributed by atoms with Crippen LogP contribution in [0.15, 0.2) is 71.6 Å². The number of hydrogen-bond acceptors (Lipinski definition) is 6. The topological polar surface area (TPSA) is 72.9 Å². The van der Waals surface area contributed by atoms with Crippen molar-refractivity contribution in [1.82, 2.24) is 0 Å². The van der Waals surface area contributed by atoms with E-state index in [1.807, 2.05) is 0 Å². The largest absolute Gasteiger partial charge is 0.493 e. The zero-order valence-electron chi connectivity index (χ0n) is 17.1. The van der Waals surface area contributed by atoms with E-state index < -0.39 is 17.1 Å². The first-order valence-electron chi connectivity index (χ1n) is 9.55. The number of hydrogen-bond donors (Lipinski definition) is 0. The maximum absolute atomic E-state index is 12.8. The molecule has 33 heavy (non-hydrogen) atoms. The van der Waals surface area contributed by atoms with E-state index in [2.05, 4.69) is 0 Å². The molecule has 0 spiro atoms. The van der Waals surface area contributed by atoms with E-state index in [1.54, 1.807) is 72.8 Å². The van der Waals surface area contributed by atoms with Gasteiger partial charge >= 0.3 is 5.97 Å². The van der Waals surface area contributed by atoms with E-state index in [-0.39, 0.29) is 10.7 Å². The Labute approximate surface area is 203 Å². The molecule has 166 valence electrons. The van der Waals surface area contributed by atoms with E-state index in [1.165, 1.54) is 7.11 Å². The van der Waals surface area contributed by atoms with Crippen molar-refractivity contribution < 1.29 is 23.9 Å². The van der Waals surface area contributed by atoms with E-state index in [0.29, 0.717) is 32.6 Å². The lowest BCUT2D eigenvalue weighted by Gasteiger charge is -2.12. The van der Waals surface area contributed by atoms with Crippen LogP contribution in [0.2, 0.25) is 10.0 Å². The van der Waals surface area contributed by atoms with Crippen LogP contribution in [-0.4, -0.2) is 24.2 Å². The highest BCUT2D eigenvalue weighted by atomic mass is 35.5. The molecule has 0 bridgehead atoms. The highest BCUT2D eigenvalue weighted by Gasteiger charge is 2.36. The predicted molar refractivity (Wildman–Crippen MR) is 129 cm³/mol. The first kappa shape index (κ1) is 22.9. The van der Waals surface area contributed by atoms with Crippen LogP contribution in [0.4, 0.5) is 10.5 Å². The van der Waals surface area contributed by atoms with Gasteiger partial charge in [0.2, 0.25) is 0 Å². The fourth-order valence-corrected chi connectivity index (χ4v) is 4.13. The Morgan fingerprint density at radius 3 is 2.18 bits per heavy atom. The van der Waals surface area contributed by atoms with Gasteiger partial charge in [-0.1, -0.05) is 29.3 Å². The summed E-state index contributed by atoms with van der Waals surface area (Å²) < 4.78 is 10.8. The molecule has 1 saturated heterocycles. The molecule has 2 amide bonds. The van der Waals surface area contributed by atoms with E-state index in [0.717, 1.165) is 16.7 Å². The molecule has 1 heterocycles. The molecule has 0 aromatic heterocycles. The van der Waals surface area contributed by atoms with Crippen molar-refractivity contribution in [2.75, 3.05) is 12.0 Å². The molecule has 1 aliphatic rings. The van der Waals surface area contributed by atoms with Crippen LogP contribution in [0.1, 0.15) is 15.9 Å². The van der Waals surface area contributed by atoms with Gasteiger partial charge in [0.25, 0.3) is 11.1 Å². The Morgan fingerprint density at radius 1 is 0.909 bits per heavy atom. The van der Waals surface area contributed by atoms with Crippen LogP contribution in [0.3, 0.4) is 0 Å². The predicted octanol–water partition coefficient (Wildman–Crippen LogP) is 6.46. The second-order valence-corrected chi connectivity index (χ2v) is 8.67. The standard InChI is InChI=1S/C24H15Cl2NO5S/c1-31-20-12-14(2-11-19(20)32-23(29)15-3-5-16(25)6-4-15)13-21-22(28)27(24(30)33-21)18-9-7-17(26)8-10-18/h2-13H,1H3/b21-13+. The molecule has 0 N–H and O–H groups in total. The second kappa shape index (κ2) is 9.70. The number of benzene rings is 3. The van der Waals surface area contributed by atoms with Crippen molar-refractivity contribution in [2.24, 2.45) is 0 Å². The third-order valence-electron chi connectivity index (χ3n) is 4.65. The van der Waals surface area contributed by atoms with Crippen molar-refractivity contribution >= 4 is 63.8 Å². The van der Waals surface area contributed by atoms with Gasteiger partial charge in [-0.25, -0.2) is 9.69 Å². The van der Waals surface area contributed by atoms with Crippen LogP contribution in [0, 0.1) is 0 Å². The van der Waals surface area contributed by atoms with Gasteiger partial charge in [0, 0.05) is 10.0 Å². The van der Waals surface area contributed by atoms with Gasteiger partial charge in [0.15, 0.2) is 11.5 Å². The van der Waals surface area contributed by atoms with Crippen LogP contribution < -0.4 is 14.4 Å². The van der Waals surface area contributed by atoms with Crippen molar-refractivity contribution in [3.8, 4) is 11.5 Å². The maximum Gasteiger partial charge on any atom is 0.343 e. The first-order valence-corrected chi connectivity index (χ1v) is 11.1. The SMILES string of the molecule is COc1cc(/C=C2/SC(=O)N(c3ccc(Cl)cc3)C2=O)ccc1OC(=O)c1ccc(Cl)cc1. The lowest BCUT2D eigenvalue weighted by molar-refractivity contribution is -0.113. The number of esters is 1. The molecular formula is C24H15Cl2NO5S. The Hall–Kier alpha value is -3.26. The molecule has 0 unspecified atom stereocenters. The molecule has 0 saturated carbocycles. The summed E-state index contributed by atoms with van der Waals surface area (Å²) >= 11 is 12.6. The van der Waals surface area contributed by atoms with Crippen LogP contribution in [0.5, 0.6) is 11.5 Å². The minimum absolute atomic E-state index is 0.212. The lowest BCUT2D eigenvalue weighted by Crippen LogP contribution is -2.27. The quantitative estimate of drug-likeness (QED) is 0.227. The molecule has 3 aromatic rings. The molecule has 0 atom stereocenters. The fourth-order valence-electron chi connectivity index (χ4n) is 3.03. The minimum atomic E-state index is -0.568. The number of carbonyl (C=O) groups excluding carboxylic acids is 3. The molecule has 0 aliphatic carbocycles.